The number of esters is 1. The molecule has 0 fully saturated rings. The van der Waals surface area contributed by atoms with E-state index < -0.39 is 30.4 Å². The Hall–Kier alpha value is -3.73. The molecule has 0 aromatic heterocycles. The van der Waals surface area contributed by atoms with E-state index in [2.05, 4.69) is 5.32 Å². The summed E-state index contributed by atoms with van der Waals surface area (Å²) in [5.74, 6) is -1.82. The maximum absolute atomic E-state index is 12.9. The van der Waals surface area contributed by atoms with Crippen LogP contribution in [0.5, 0.6) is 0 Å². The second-order valence-electron chi connectivity index (χ2n) is 7.28. The number of amides is 1. The molecule has 0 aliphatic rings. The molecule has 5 heteroatoms. The first-order valence-electron chi connectivity index (χ1n) is 10.1. The fourth-order valence-electron chi connectivity index (χ4n) is 3.36. The van der Waals surface area contributed by atoms with E-state index in [1.807, 2.05) is 91.0 Å². The Labute approximate surface area is 182 Å². The number of hydrogen-bond acceptors (Lipinski definition) is 4. The van der Waals surface area contributed by atoms with Gasteiger partial charge in [-0.2, -0.15) is 0 Å². The summed E-state index contributed by atoms with van der Waals surface area (Å²) in [4.78, 5) is 37.3. The minimum absolute atomic E-state index is 0.157. The van der Waals surface area contributed by atoms with Crippen LogP contribution in [0, 0.1) is 0 Å². The highest BCUT2D eigenvalue weighted by Crippen LogP contribution is 2.25. The second kappa shape index (κ2) is 10.9. The third-order valence-electron chi connectivity index (χ3n) is 4.96. The summed E-state index contributed by atoms with van der Waals surface area (Å²) in [7, 11) is 0. The van der Waals surface area contributed by atoms with Gasteiger partial charge >= 0.3 is 5.97 Å². The molecule has 0 spiro atoms. The molecule has 31 heavy (non-hydrogen) atoms. The van der Waals surface area contributed by atoms with Crippen LogP contribution >= 0.6 is 0 Å². The van der Waals surface area contributed by atoms with Gasteiger partial charge in [-0.1, -0.05) is 91.0 Å². The SMILES string of the molecule is CC(=O)[C@@H](Cc1ccccc1)NC(=O)COC(=O)C(c1ccccc1)c1ccccc1. The number of ether oxygens (including phenoxy) is 1. The van der Waals surface area contributed by atoms with Gasteiger partial charge in [0.1, 0.15) is 5.92 Å². The van der Waals surface area contributed by atoms with Crippen molar-refractivity contribution in [3.8, 4) is 0 Å². The third kappa shape index (κ3) is 6.37. The van der Waals surface area contributed by atoms with Crippen molar-refractivity contribution in [3.63, 3.8) is 0 Å². The van der Waals surface area contributed by atoms with Gasteiger partial charge in [-0.25, -0.2) is 0 Å². The van der Waals surface area contributed by atoms with Crippen molar-refractivity contribution in [1.29, 1.82) is 0 Å². The van der Waals surface area contributed by atoms with Crippen LogP contribution < -0.4 is 5.32 Å². The highest BCUT2D eigenvalue weighted by molar-refractivity contribution is 5.90. The van der Waals surface area contributed by atoms with Gasteiger partial charge in [-0.05, 0) is 30.0 Å². The van der Waals surface area contributed by atoms with Gasteiger partial charge in [0.25, 0.3) is 5.91 Å². The molecular weight excluding hydrogens is 390 g/mol. The molecule has 0 unspecified atom stereocenters. The zero-order chi connectivity index (χ0) is 22.1. The molecule has 0 radical (unpaired) electrons. The maximum atomic E-state index is 12.9. The van der Waals surface area contributed by atoms with Gasteiger partial charge in [0, 0.05) is 0 Å². The van der Waals surface area contributed by atoms with E-state index in [1.165, 1.54) is 6.92 Å². The van der Waals surface area contributed by atoms with Crippen LogP contribution in [0.4, 0.5) is 0 Å². The topological polar surface area (TPSA) is 72.5 Å². The van der Waals surface area contributed by atoms with Crippen LogP contribution in [-0.4, -0.2) is 30.3 Å². The lowest BCUT2D eigenvalue weighted by Gasteiger charge is -2.19. The summed E-state index contributed by atoms with van der Waals surface area (Å²) >= 11 is 0. The lowest BCUT2D eigenvalue weighted by Crippen LogP contribution is -2.43. The zero-order valence-electron chi connectivity index (χ0n) is 17.4. The first-order valence-corrected chi connectivity index (χ1v) is 10.1. The average Bonchev–Trinajstić information content (AvgIpc) is 2.79. The van der Waals surface area contributed by atoms with Gasteiger partial charge < -0.3 is 10.1 Å². The molecule has 5 nitrogen and oxygen atoms in total. The number of carbonyl (C=O) groups excluding carboxylic acids is 3. The molecule has 3 aromatic rings. The van der Waals surface area contributed by atoms with Gasteiger partial charge in [0.05, 0.1) is 6.04 Å². The van der Waals surface area contributed by atoms with Crippen LogP contribution in [0.25, 0.3) is 0 Å². The summed E-state index contributed by atoms with van der Waals surface area (Å²) in [5.41, 5.74) is 2.50. The van der Waals surface area contributed by atoms with Gasteiger partial charge in [0.2, 0.25) is 0 Å². The first-order chi connectivity index (χ1) is 15.0. The molecule has 3 rings (SSSR count). The first kappa shape index (κ1) is 22.0. The Kier molecular flexibility index (Phi) is 7.71. The number of benzene rings is 3. The van der Waals surface area contributed by atoms with Crippen LogP contribution in [0.15, 0.2) is 91.0 Å². The third-order valence-corrected chi connectivity index (χ3v) is 4.96. The standard InChI is InChI=1S/C26H25NO4/c1-19(28)23(17-20-11-5-2-6-12-20)27-24(29)18-31-26(30)25(21-13-7-3-8-14-21)22-15-9-4-10-16-22/h2-16,23,25H,17-18H2,1H3,(H,27,29)/t23-/m1/s1. The fraction of sp³-hybridized carbons (Fsp3) is 0.192. The highest BCUT2D eigenvalue weighted by atomic mass is 16.5. The van der Waals surface area contributed by atoms with Crippen molar-refractivity contribution < 1.29 is 19.1 Å². The van der Waals surface area contributed by atoms with E-state index in [-0.39, 0.29) is 5.78 Å². The monoisotopic (exact) mass is 415 g/mol. The number of carbonyl (C=O) groups is 3. The minimum Gasteiger partial charge on any atom is -0.455 e. The normalized spacial score (nSPS) is 11.5. The summed E-state index contributed by atoms with van der Waals surface area (Å²) in [6.07, 6.45) is 0.381. The number of ketones is 1. The molecule has 0 heterocycles. The van der Waals surface area contributed by atoms with Crippen LogP contribution in [0.3, 0.4) is 0 Å². The van der Waals surface area contributed by atoms with E-state index in [0.29, 0.717) is 6.42 Å². The molecule has 1 N–H and O–H groups in total. The molecule has 0 aliphatic heterocycles. The molecule has 0 saturated heterocycles. The highest BCUT2D eigenvalue weighted by Gasteiger charge is 2.25. The Bertz CT molecular complexity index is 964. The molecule has 1 atom stereocenters. The van der Waals surface area contributed by atoms with Crippen molar-refractivity contribution >= 4 is 17.7 Å². The quantitative estimate of drug-likeness (QED) is 0.541. The number of rotatable bonds is 9. The van der Waals surface area contributed by atoms with Gasteiger partial charge in [0.15, 0.2) is 12.4 Å². The minimum atomic E-state index is -0.673. The summed E-state index contributed by atoms with van der Waals surface area (Å²) in [5, 5.41) is 2.67. The van der Waals surface area contributed by atoms with E-state index in [4.69, 9.17) is 4.74 Å². The van der Waals surface area contributed by atoms with Crippen LogP contribution in [-0.2, 0) is 25.5 Å². The van der Waals surface area contributed by atoms with E-state index in [0.717, 1.165) is 16.7 Å². The summed E-state index contributed by atoms with van der Waals surface area (Å²) in [6.45, 7) is 0.980. The molecule has 158 valence electrons. The number of nitrogens with one attached hydrogen (secondary N) is 1. The van der Waals surface area contributed by atoms with E-state index >= 15 is 0 Å². The van der Waals surface area contributed by atoms with Crippen molar-refractivity contribution in [2.45, 2.75) is 25.3 Å². The van der Waals surface area contributed by atoms with E-state index in [9.17, 15) is 14.4 Å². The number of Topliss-reactive ketones (excluding diaryl/α,β-unsaturated/α-hetero) is 1. The van der Waals surface area contributed by atoms with Crippen molar-refractivity contribution in [2.75, 3.05) is 6.61 Å². The van der Waals surface area contributed by atoms with Crippen molar-refractivity contribution in [3.05, 3.63) is 108 Å². The molecule has 0 aliphatic carbocycles. The van der Waals surface area contributed by atoms with Crippen molar-refractivity contribution in [2.24, 2.45) is 0 Å². The summed E-state index contributed by atoms with van der Waals surface area (Å²) in [6, 6.07) is 27.3. The predicted molar refractivity (Wildman–Crippen MR) is 118 cm³/mol. The molecule has 3 aromatic carbocycles. The lowest BCUT2D eigenvalue weighted by molar-refractivity contribution is -0.149. The van der Waals surface area contributed by atoms with Gasteiger partial charge in [-0.15, -0.1) is 0 Å². The van der Waals surface area contributed by atoms with Crippen LogP contribution in [0.2, 0.25) is 0 Å². The largest absolute Gasteiger partial charge is 0.455 e. The van der Waals surface area contributed by atoms with Crippen molar-refractivity contribution in [1.82, 2.24) is 5.32 Å². The molecule has 0 bridgehead atoms. The second-order valence-corrected chi connectivity index (χ2v) is 7.28. The summed E-state index contributed by atoms with van der Waals surface area (Å²) < 4.78 is 5.34. The molecular formula is C26H25NO4. The Balaban J connectivity index is 1.64. The Morgan fingerprint density at radius 1 is 0.774 bits per heavy atom. The average molecular weight is 415 g/mol. The van der Waals surface area contributed by atoms with Crippen LogP contribution in [0.1, 0.15) is 29.5 Å². The zero-order valence-corrected chi connectivity index (χ0v) is 17.4. The Morgan fingerprint density at radius 2 is 1.26 bits per heavy atom. The molecule has 1 amide bonds. The van der Waals surface area contributed by atoms with Gasteiger partial charge in [-0.3, -0.25) is 14.4 Å². The molecule has 0 saturated carbocycles. The lowest BCUT2D eigenvalue weighted by atomic mass is 9.91. The smallest absolute Gasteiger partial charge is 0.318 e. The predicted octanol–water partition coefficient (Wildman–Crippen LogP) is 3.68. The fourth-order valence-corrected chi connectivity index (χ4v) is 3.36. The van der Waals surface area contributed by atoms with E-state index in [1.54, 1.807) is 0 Å². The maximum Gasteiger partial charge on any atom is 0.318 e. The number of hydrogen-bond donors (Lipinski definition) is 1. The Morgan fingerprint density at radius 3 is 1.74 bits per heavy atom.